The number of rotatable bonds is 11. The summed E-state index contributed by atoms with van der Waals surface area (Å²) in [4.78, 5) is 18.8. The highest BCUT2D eigenvalue weighted by Crippen LogP contribution is 2.09. The van der Waals surface area contributed by atoms with Crippen LogP contribution < -0.4 is 16.0 Å². The van der Waals surface area contributed by atoms with E-state index in [4.69, 9.17) is 9.47 Å². The summed E-state index contributed by atoms with van der Waals surface area (Å²) >= 11 is 0. The zero-order valence-electron chi connectivity index (χ0n) is 19.8. The number of carbonyl (C=O) groups excluding carboxylic acids is 1. The Morgan fingerprint density at radius 3 is 2.21 bits per heavy atom. The average Bonchev–Trinajstić information content (AvgIpc) is 2.52. The molecular weight excluding hydrogens is 485 g/mol. The molecule has 0 aromatic heterocycles. The molecule has 29 heavy (non-hydrogen) atoms. The highest BCUT2D eigenvalue weighted by atomic mass is 127. The molecule has 0 bridgehead atoms. The van der Waals surface area contributed by atoms with E-state index in [1.54, 1.807) is 0 Å². The number of carbonyl (C=O) groups is 1. The van der Waals surface area contributed by atoms with E-state index < -0.39 is 17.2 Å². The van der Waals surface area contributed by atoms with E-state index in [2.05, 4.69) is 39.9 Å². The predicted octanol–water partition coefficient (Wildman–Crippen LogP) is 2.82. The van der Waals surface area contributed by atoms with Crippen LogP contribution in [0.25, 0.3) is 0 Å². The van der Waals surface area contributed by atoms with Crippen molar-refractivity contribution in [3.8, 4) is 0 Å². The van der Waals surface area contributed by atoms with Crippen molar-refractivity contribution in [1.82, 2.24) is 20.9 Å². The zero-order chi connectivity index (χ0) is 21.8. The molecule has 1 unspecified atom stereocenters. The quantitative estimate of drug-likeness (QED) is 0.217. The number of guanidine groups is 1. The van der Waals surface area contributed by atoms with Crippen molar-refractivity contribution < 1.29 is 14.3 Å². The van der Waals surface area contributed by atoms with Crippen LogP contribution in [-0.2, 0) is 9.47 Å². The molecule has 0 aromatic rings. The van der Waals surface area contributed by atoms with Gasteiger partial charge in [-0.05, 0) is 69.0 Å². The standard InChI is InChI=1S/C20H43N5O3.HI/c1-10-21-17(22-14-16(27-11-2)12-13-25(8)9)23-15-20(6,7)24-18(26)28-19(3,4)5;/h16H,10-15H2,1-9H3,(H,24,26)(H2,21,22,23);1H. The number of halogens is 1. The van der Waals surface area contributed by atoms with Crippen molar-refractivity contribution in [1.29, 1.82) is 0 Å². The van der Waals surface area contributed by atoms with Gasteiger partial charge in [-0.15, -0.1) is 24.0 Å². The molecule has 1 amide bonds. The van der Waals surface area contributed by atoms with Gasteiger partial charge < -0.3 is 30.3 Å². The van der Waals surface area contributed by atoms with Gasteiger partial charge in [-0.1, -0.05) is 0 Å². The first-order valence-electron chi connectivity index (χ1n) is 10.2. The molecule has 0 aliphatic heterocycles. The van der Waals surface area contributed by atoms with Gasteiger partial charge in [0.25, 0.3) is 0 Å². The number of nitrogens with zero attached hydrogens (tertiary/aromatic N) is 2. The third-order valence-corrected chi connectivity index (χ3v) is 3.61. The molecule has 9 heteroatoms. The molecule has 3 N–H and O–H groups in total. The maximum atomic E-state index is 12.0. The second-order valence-electron chi connectivity index (χ2n) is 8.76. The van der Waals surface area contributed by atoms with Gasteiger partial charge in [-0.25, -0.2) is 4.79 Å². The van der Waals surface area contributed by atoms with Gasteiger partial charge in [0, 0.05) is 26.2 Å². The number of hydrogen-bond donors (Lipinski definition) is 3. The molecule has 1 atom stereocenters. The molecule has 0 aliphatic carbocycles. The summed E-state index contributed by atoms with van der Waals surface area (Å²) in [7, 11) is 4.11. The Hall–Kier alpha value is -0.810. The summed E-state index contributed by atoms with van der Waals surface area (Å²) in [5.74, 6) is 0.705. The lowest BCUT2D eigenvalue weighted by Gasteiger charge is -2.28. The lowest BCUT2D eigenvalue weighted by Crippen LogP contribution is -2.49. The number of amides is 1. The number of hydrogen-bond acceptors (Lipinski definition) is 5. The van der Waals surface area contributed by atoms with E-state index in [1.165, 1.54) is 0 Å². The van der Waals surface area contributed by atoms with Crippen LogP contribution >= 0.6 is 24.0 Å². The van der Waals surface area contributed by atoms with Crippen LogP contribution in [0.5, 0.6) is 0 Å². The molecule has 8 nitrogen and oxygen atoms in total. The Bertz CT molecular complexity index is 479. The molecule has 0 aromatic carbocycles. The maximum absolute atomic E-state index is 12.0. The van der Waals surface area contributed by atoms with Crippen molar-refractivity contribution in [2.75, 3.05) is 46.9 Å². The summed E-state index contributed by atoms with van der Waals surface area (Å²) in [5, 5.41) is 9.46. The molecule has 0 fully saturated rings. The lowest BCUT2D eigenvalue weighted by molar-refractivity contribution is 0.0476. The van der Waals surface area contributed by atoms with Gasteiger partial charge in [-0.3, -0.25) is 4.99 Å². The fourth-order valence-electron chi connectivity index (χ4n) is 2.33. The Morgan fingerprint density at radius 1 is 1.10 bits per heavy atom. The first kappa shape index (κ1) is 30.4. The van der Waals surface area contributed by atoms with E-state index in [0.717, 1.165) is 19.5 Å². The second-order valence-corrected chi connectivity index (χ2v) is 8.76. The van der Waals surface area contributed by atoms with Crippen molar-refractivity contribution in [2.24, 2.45) is 4.99 Å². The van der Waals surface area contributed by atoms with Gasteiger partial charge in [0.05, 0.1) is 18.2 Å². The normalized spacial score (nSPS) is 13.5. The summed E-state index contributed by atoms with van der Waals surface area (Å²) in [6.45, 7) is 16.9. The molecule has 0 saturated heterocycles. The molecule has 0 heterocycles. The molecule has 174 valence electrons. The van der Waals surface area contributed by atoms with E-state index in [1.807, 2.05) is 48.5 Å². The van der Waals surface area contributed by atoms with E-state index >= 15 is 0 Å². The fourth-order valence-corrected chi connectivity index (χ4v) is 2.33. The van der Waals surface area contributed by atoms with E-state index in [9.17, 15) is 4.79 Å². The molecule has 0 saturated carbocycles. The van der Waals surface area contributed by atoms with Gasteiger partial charge >= 0.3 is 6.09 Å². The molecule has 0 radical (unpaired) electrons. The first-order chi connectivity index (χ1) is 12.9. The van der Waals surface area contributed by atoms with Crippen LogP contribution in [0.2, 0.25) is 0 Å². The average molecular weight is 530 g/mol. The van der Waals surface area contributed by atoms with Crippen LogP contribution in [0.4, 0.5) is 4.79 Å². The van der Waals surface area contributed by atoms with Crippen LogP contribution in [-0.4, -0.2) is 81.1 Å². The topological polar surface area (TPSA) is 87.2 Å². The number of nitrogens with one attached hydrogen (secondary N) is 3. The van der Waals surface area contributed by atoms with Crippen LogP contribution in [0.3, 0.4) is 0 Å². The number of ether oxygens (including phenoxy) is 2. The summed E-state index contributed by atoms with van der Waals surface area (Å²) in [6.07, 6.45) is 0.619. The second kappa shape index (κ2) is 15.1. The van der Waals surface area contributed by atoms with Crippen molar-refractivity contribution in [2.45, 2.75) is 72.1 Å². The third kappa shape index (κ3) is 17.7. The minimum Gasteiger partial charge on any atom is -0.444 e. The number of alkyl carbamates (subject to hydrolysis) is 1. The van der Waals surface area contributed by atoms with E-state index in [0.29, 0.717) is 25.7 Å². The number of aliphatic imine (C=N–C) groups is 1. The van der Waals surface area contributed by atoms with Crippen LogP contribution in [0, 0.1) is 0 Å². The minimum atomic E-state index is -0.533. The summed E-state index contributed by atoms with van der Waals surface area (Å²) in [5.41, 5.74) is -1.06. The lowest BCUT2D eigenvalue weighted by atomic mass is 10.1. The largest absolute Gasteiger partial charge is 0.444 e. The van der Waals surface area contributed by atoms with Crippen LogP contribution in [0.1, 0.15) is 54.9 Å². The van der Waals surface area contributed by atoms with Crippen LogP contribution in [0.15, 0.2) is 4.99 Å². The van der Waals surface area contributed by atoms with Gasteiger partial charge in [0.2, 0.25) is 0 Å². The highest BCUT2D eigenvalue weighted by Gasteiger charge is 2.24. The van der Waals surface area contributed by atoms with Gasteiger partial charge in [0.15, 0.2) is 5.96 Å². The molecule has 0 rings (SSSR count). The van der Waals surface area contributed by atoms with E-state index in [-0.39, 0.29) is 30.1 Å². The zero-order valence-corrected chi connectivity index (χ0v) is 22.2. The molecular formula is C20H44IN5O3. The smallest absolute Gasteiger partial charge is 0.408 e. The SMILES string of the molecule is CCNC(=NCC(C)(C)NC(=O)OC(C)(C)C)NCC(CCN(C)C)OCC.I. The fraction of sp³-hybridized carbons (Fsp3) is 0.900. The Morgan fingerprint density at radius 2 is 1.72 bits per heavy atom. The third-order valence-electron chi connectivity index (χ3n) is 3.61. The minimum absolute atomic E-state index is 0. The first-order valence-corrected chi connectivity index (χ1v) is 10.2. The maximum Gasteiger partial charge on any atom is 0.408 e. The monoisotopic (exact) mass is 529 g/mol. The Kier molecular flexibility index (Phi) is 15.8. The predicted molar refractivity (Wildman–Crippen MR) is 131 cm³/mol. The Balaban J connectivity index is 0. The van der Waals surface area contributed by atoms with Crippen molar-refractivity contribution in [3.63, 3.8) is 0 Å². The summed E-state index contributed by atoms with van der Waals surface area (Å²) in [6, 6.07) is 0. The van der Waals surface area contributed by atoms with Crippen molar-refractivity contribution in [3.05, 3.63) is 0 Å². The highest BCUT2D eigenvalue weighted by molar-refractivity contribution is 14.0. The molecule has 0 aliphatic rings. The van der Waals surface area contributed by atoms with Crippen molar-refractivity contribution >= 4 is 36.0 Å². The molecule has 0 spiro atoms. The van der Waals surface area contributed by atoms with Gasteiger partial charge in [0.1, 0.15) is 5.60 Å². The van der Waals surface area contributed by atoms with Gasteiger partial charge in [-0.2, -0.15) is 0 Å². The summed E-state index contributed by atoms with van der Waals surface area (Å²) < 4.78 is 11.1. The Labute approximate surface area is 195 Å².